The van der Waals surface area contributed by atoms with Crippen molar-refractivity contribution < 1.29 is 29.0 Å². The van der Waals surface area contributed by atoms with Gasteiger partial charge in [0.1, 0.15) is 17.6 Å². The highest BCUT2D eigenvalue weighted by Gasteiger charge is 2.75. The quantitative estimate of drug-likeness (QED) is 0.436. The van der Waals surface area contributed by atoms with Crippen molar-refractivity contribution >= 4 is 35.1 Å². The normalized spacial score (nSPS) is 35.0. The van der Waals surface area contributed by atoms with Crippen molar-refractivity contribution in [2.45, 2.75) is 69.7 Å². The Kier molecular flexibility index (Phi) is 7.65. The van der Waals surface area contributed by atoms with Crippen LogP contribution in [0.4, 0.5) is 5.69 Å². The first kappa shape index (κ1) is 27.9. The largest absolute Gasteiger partial charge is 0.465 e. The molecule has 0 radical (unpaired) electrons. The van der Waals surface area contributed by atoms with Crippen LogP contribution in [-0.4, -0.2) is 70.8 Å². The van der Waals surface area contributed by atoms with Gasteiger partial charge in [0, 0.05) is 6.54 Å². The summed E-state index contributed by atoms with van der Waals surface area (Å²) in [7, 11) is 0. The fourth-order valence-corrected chi connectivity index (χ4v) is 7.03. The first-order valence-electron chi connectivity index (χ1n) is 13.9. The number of esters is 1. The molecule has 210 valence electrons. The van der Waals surface area contributed by atoms with Gasteiger partial charge in [0.05, 0.1) is 41.5 Å². The van der Waals surface area contributed by atoms with Crippen LogP contribution in [0.25, 0.3) is 0 Å². The van der Waals surface area contributed by atoms with Gasteiger partial charge in [-0.15, -0.1) is 0 Å². The number of aliphatic hydroxyl groups excluding tert-OH is 1. The molecule has 7 atom stereocenters. The second kappa shape index (κ2) is 10.7. The van der Waals surface area contributed by atoms with Gasteiger partial charge >= 0.3 is 5.97 Å². The van der Waals surface area contributed by atoms with E-state index in [1.54, 1.807) is 42.2 Å². The lowest BCUT2D eigenvalue weighted by molar-refractivity contribution is -0.160. The number of amides is 2. The minimum absolute atomic E-state index is 0.106. The van der Waals surface area contributed by atoms with E-state index >= 15 is 0 Å². The zero-order chi connectivity index (χ0) is 27.9. The number of anilines is 1. The van der Waals surface area contributed by atoms with Gasteiger partial charge in [-0.3, -0.25) is 14.4 Å². The van der Waals surface area contributed by atoms with Crippen molar-refractivity contribution in [2.24, 2.45) is 17.8 Å². The number of para-hydroxylation sites is 1. The molecule has 2 saturated heterocycles. The Balaban J connectivity index is 1.70. The van der Waals surface area contributed by atoms with Gasteiger partial charge in [-0.2, -0.15) is 0 Å². The van der Waals surface area contributed by atoms with Crippen LogP contribution in [0.15, 0.2) is 48.6 Å². The third-order valence-corrected chi connectivity index (χ3v) is 9.25. The molecule has 2 fully saturated rings. The summed E-state index contributed by atoms with van der Waals surface area (Å²) >= 11 is 6.52. The highest BCUT2D eigenvalue weighted by Crippen LogP contribution is 2.58. The number of halogens is 1. The summed E-state index contributed by atoms with van der Waals surface area (Å²) in [6, 6.07) is 5.33. The Labute approximate surface area is 234 Å². The summed E-state index contributed by atoms with van der Waals surface area (Å²) in [5.74, 6) is -3.30. The lowest BCUT2D eigenvalue weighted by atomic mass is 9.74. The van der Waals surface area contributed by atoms with E-state index in [2.05, 4.69) is 0 Å². The van der Waals surface area contributed by atoms with E-state index in [4.69, 9.17) is 21.1 Å². The second-order valence-corrected chi connectivity index (χ2v) is 11.7. The minimum Gasteiger partial charge on any atom is -0.465 e. The van der Waals surface area contributed by atoms with Gasteiger partial charge in [-0.1, -0.05) is 68.3 Å². The standard InChI is InChI=1S/C30H37ClN2O6/c1-4-19(2)22(18-34)33-25-27(36)32(21-13-8-7-12-20(21)31)16-11-15-30(25)23(26(33)35)24-28(37)38-17-10-6-5-9-14-29(24,3)39-30/h7-9,11-15,19,22-25,34H,4-6,10,16-18H2,1-3H3/b14-9-/t19-,22-,23-,24-,25?,29+,30-/m0/s1. The van der Waals surface area contributed by atoms with Crippen LogP contribution in [0, 0.1) is 17.8 Å². The smallest absolute Gasteiger partial charge is 0.313 e. The maximum atomic E-state index is 14.6. The number of allylic oxidation sites excluding steroid dienone is 1. The number of carbonyl (C=O) groups is 3. The number of hydrogen-bond acceptors (Lipinski definition) is 6. The molecule has 0 aliphatic carbocycles. The van der Waals surface area contributed by atoms with E-state index in [1.807, 2.05) is 32.1 Å². The summed E-state index contributed by atoms with van der Waals surface area (Å²) in [5.41, 5.74) is -2.07. The molecule has 1 N–H and O–H groups in total. The van der Waals surface area contributed by atoms with Crippen molar-refractivity contribution in [3.8, 4) is 0 Å². The molecule has 8 nitrogen and oxygen atoms in total. The van der Waals surface area contributed by atoms with E-state index in [-0.39, 0.29) is 37.5 Å². The van der Waals surface area contributed by atoms with Gasteiger partial charge in [0.15, 0.2) is 0 Å². The topological polar surface area (TPSA) is 96.4 Å². The predicted molar refractivity (Wildman–Crippen MR) is 147 cm³/mol. The van der Waals surface area contributed by atoms with E-state index in [1.165, 1.54) is 4.90 Å². The summed E-state index contributed by atoms with van der Waals surface area (Å²) in [6.45, 7) is 5.88. The SMILES string of the molecule is CC[C@H](C)[C@H](CO)N1C(=O)[C@@H]2[C@H]3C(=O)OCCCC/C=C\[C@@]3(C)O[C@@]23C=CCN(c2ccccc2Cl)C(=O)C13. The molecule has 1 aromatic rings. The molecule has 4 aliphatic rings. The van der Waals surface area contributed by atoms with E-state index < -0.39 is 41.1 Å². The number of nitrogens with zero attached hydrogens (tertiary/aromatic N) is 2. The minimum atomic E-state index is -1.43. The lowest BCUT2D eigenvalue weighted by Gasteiger charge is -2.41. The molecule has 0 aromatic heterocycles. The lowest BCUT2D eigenvalue weighted by Crippen LogP contribution is -2.60. The van der Waals surface area contributed by atoms with Crippen LogP contribution in [0.1, 0.15) is 46.5 Å². The van der Waals surface area contributed by atoms with Crippen molar-refractivity contribution in [2.75, 3.05) is 24.7 Å². The molecule has 0 saturated carbocycles. The zero-order valence-electron chi connectivity index (χ0n) is 22.7. The first-order chi connectivity index (χ1) is 18.7. The fraction of sp³-hybridized carbons (Fsp3) is 0.567. The average molecular weight is 557 g/mol. The van der Waals surface area contributed by atoms with E-state index in [9.17, 15) is 19.5 Å². The monoisotopic (exact) mass is 556 g/mol. The van der Waals surface area contributed by atoms with Gasteiger partial charge in [-0.25, -0.2) is 0 Å². The number of aliphatic hydroxyl groups is 1. The third-order valence-electron chi connectivity index (χ3n) is 8.93. The highest BCUT2D eigenvalue weighted by molar-refractivity contribution is 6.34. The van der Waals surface area contributed by atoms with Crippen LogP contribution in [0.2, 0.25) is 5.02 Å². The number of likely N-dealkylation sites (tertiary alicyclic amines) is 1. The summed E-state index contributed by atoms with van der Waals surface area (Å²) in [6.07, 6.45) is 10.5. The molecule has 39 heavy (non-hydrogen) atoms. The first-order valence-corrected chi connectivity index (χ1v) is 14.3. The average Bonchev–Trinajstić information content (AvgIpc) is 3.24. The number of cyclic esters (lactones) is 1. The maximum absolute atomic E-state index is 14.6. The van der Waals surface area contributed by atoms with Gasteiger partial charge in [-0.05, 0) is 44.2 Å². The molecule has 5 rings (SSSR count). The van der Waals surface area contributed by atoms with Crippen LogP contribution >= 0.6 is 11.6 Å². The zero-order valence-corrected chi connectivity index (χ0v) is 23.5. The molecule has 4 heterocycles. The molecule has 1 unspecified atom stereocenters. The Morgan fingerprint density at radius 1 is 1.10 bits per heavy atom. The summed E-state index contributed by atoms with van der Waals surface area (Å²) in [5, 5.41) is 10.9. The molecule has 4 aliphatic heterocycles. The van der Waals surface area contributed by atoms with Crippen LogP contribution in [-0.2, 0) is 23.9 Å². The summed E-state index contributed by atoms with van der Waals surface area (Å²) < 4.78 is 12.5. The molecule has 9 heteroatoms. The van der Waals surface area contributed by atoms with Gasteiger partial charge in [0.2, 0.25) is 5.91 Å². The number of fused-ring (bicyclic) bond motifs is 2. The molecule has 0 bridgehead atoms. The predicted octanol–water partition coefficient (Wildman–Crippen LogP) is 3.90. The number of ether oxygens (including phenoxy) is 2. The Morgan fingerprint density at radius 3 is 2.59 bits per heavy atom. The molecule has 2 amide bonds. The molecule has 1 aromatic carbocycles. The molecular formula is C30H37ClN2O6. The van der Waals surface area contributed by atoms with Crippen LogP contribution < -0.4 is 4.90 Å². The third kappa shape index (κ3) is 4.41. The van der Waals surface area contributed by atoms with Crippen molar-refractivity contribution in [1.29, 1.82) is 0 Å². The highest BCUT2D eigenvalue weighted by atomic mass is 35.5. The second-order valence-electron chi connectivity index (χ2n) is 11.2. The summed E-state index contributed by atoms with van der Waals surface area (Å²) in [4.78, 5) is 45.8. The molecular weight excluding hydrogens is 520 g/mol. The van der Waals surface area contributed by atoms with Crippen molar-refractivity contribution in [3.63, 3.8) is 0 Å². The number of hydrogen-bond donors (Lipinski definition) is 1. The van der Waals surface area contributed by atoms with Crippen molar-refractivity contribution in [1.82, 2.24) is 4.90 Å². The van der Waals surface area contributed by atoms with Crippen LogP contribution in [0.3, 0.4) is 0 Å². The van der Waals surface area contributed by atoms with Gasteiger partial charge < -0.3 is 24.4 Å². The van der Waals surface area contributed by atoms with E-state index in [0.29, 0.717) is 17.1 Å². The number of rotatable bonds is 5. The maximum Gasteiger partial charge on any atom is 0.313 e. The Morgan fingerprint density at radius 2 is 1.87 bits per heavy atom. The number of benzene rings is 1. The Bertz CT molecular complexity index is 1200. The molecule has 1 spiro atoms. The Hall–Kier alpha value is -2.68. The van der Waals surface area contributed by atoms with E-state index in [0.717, 1.165) is 19.3 Å². The van der Waals surface area contributed by atoms with Gasteiger partial charge in [0.25, 0.3) is 5.91 Å². The van der Waals surface area contributed by atoms with Crippen LogP contribution in [0.5, 0.6) is 0 Å². The fourth-order valence-electron chi connectivity index (χ4n) is 6.80. The van der Waals surface area contributed by atoms with Crippen molar-refractivity contribution in [3.05, 3.63) is 53.6 Å². The number of carbonyl (C=O) groups excluding carboxylic acids is 3.